The zero-order valence-electron chi connectivity index (χ0n) is 6.97. The van der Waals surface area contributed by atoms with Gasteiger partial charge in [0.2, 0.25) is 0 Å². The van der Waals surface area contributed by atoms with Gasteiger partial charge in [0, 0.05) is 12.3 Å². The Morgan fingerprint density at radius 2 is 2.45 bits per heavy atom. The number of hydrogen-bond donors (Lipinski definition) is 0. The van der Waals surface area contributed by atoms with Crippen LogP contribution in [0.2, 0.25) is 0 Å². The highest BCUT2D eigenvalue weighted by Gasteiger charge is 2.20. The number of allylic oxidation sites excluding steroid dienone is 3. The molecule has 60 valence electrons. The predicted molar refractivity (Wildman–Crippen MR) is 46.3 cm³/mol. The second-order valence-electron chi connectivity index (χ2n) is 3.17. The molecule has 1 heteroatoms. The van der Waals surface area contributed by atoms with Gasteiger partial charge in [0.15, 0.2) is 0 Å². The van der Waals surface area contributed by atoms with E-state index in [1.165, 1.54) is 0 Å². The van der Waals surface area contributed by atoms with E-state index in [9.17, 15) is 4.79 Å². The van der Waals surface area contributed by atoms with Gasteiger partial charge >= 0.3 is 0 Å². The molecular weight excluding hydrogens is 136 g/mol. The minimum atomic E-state index is 0.187. The molecule has 0 radical (unpaired) electrons. The summed E-state index contributed by atoms with van der Waals surface area (Å²) in [5.74, 6) is 0.578. The maximum Gasteiger partial charge on any atom is 0.139 e. The molecule has 0 saturated heterocycles. The Morgan fingerprint density at radius 3 is 2.91 bits per heavy atom. The van der Waals surface area contributed by atoms with E-state index < -0.39 is 0 Å². The van der Waals surface area contributed by atoms with Crippen LogP contribution in [0.1, 0.15) is 26.2 Å². The fraction of sp³-hybridized carbons (Fsp3) is 0.500. The monoisotopic (exact) mass is 150 g/mol. The van der Waals surface area contributed by atoms with E-state index in [0.29, 0.717) is 5.78 Å². The lowest BCUT2D eigenvalue weighted by atomic mass is 10.1. The second-order valence-corrected chi connectivity index (χ2v) is 3.17. The summed E-state index contributed by atoms with van der Waals surface area (Å²) in [4.78, 5) is 11.1. The SMILES string of the molecule is C=C(C)/C=C/C1CCCC1=O. The number of rotatable bonds is 2. The predicted octanol–water partition coefficient (Wildman–Crippen LogP) is 2.49. The van der Waals surface area contributed by atoms with Crippen LogP contribution in [0.3, 0.4) is 0 Å². The van der Waals surface area contributed by atoms with Crippen LogP contribution in [0.25, 0.3) is 0 Å². The lowest BCUT2D eigenvalue weighted by molar-refractivity contribution is -0.119. The molecule has 1 aliphatic rings. The van der Waals surface area contributed by atoms with Crippen molar-refractivity contribution in [1.29, 1.82) is 0 Å². The van der Waals surface area contributed by atoms with E-state index >= 15 is 0 Å². The zero-order valence-corrected chi connectivity index (χ0v) is 6.97. The number of carbonyl (C=O) groups excluding carboxylic acids is 1. The summed E-state index contributed by atoms with van der Waals surface area (Å²) in [5, 5.41) is 0. The molecule has 1 fully saturated rings. The molecule has 1 nitrogen and oxygen atoms in total. The molecule has 1 aliphatic carbocycles. The van der Waals surface area contributed by atoms with Crippen LogP contribution in [0.4, 0.5) is 0 Å². The number of carbonyl (C=O) groups is 1. The van der Waals surface area contributed by atoms with Crippen molar-refractivity contribution >= 4 is 5.78 Å². The first-order valence-corrected chi connectivity index (χ1v) is 4.06. The molecule has 1 atom stereocenters. The Morgan fingerprint density at radius 1 is 1.73 bits per heavy atom. The van der Waals surface area contributed by atoms with Gasteiger partial charge in [-0.25, -0.2) is 0 Å². The molecule has 1 rings (SSSR count). The maximum absolute atomic E-state index is 11.1. The van der Waals surface area contributed by atoms with Gasteiger partial charge in [0.1, 0.15) is 5.78 Å². The van der Waals surface area contributed by atoms with Crippen molar-refractivity contribution in [1.82, 2.24) is 0 Å². The fourth-order valence-electron chi connectivity index (χ4n) is 1.33. The fourth-order valence-corrected chi connectivity index (χ4v) is 1.33. The van der Waals surface area contributed by atoms with E-state index in [0.717, 1.165) is 24.8 Å². The van der Waals surface area contributed by atoms with Crippen molar-refractivity contribution in [2.45, 2.75) is 26.2 Å². The number of hydrogen-bond acceptors (Lipinski definition) is 1. The van der Waals surface area contributed by atoms with Crippen molar-refractivity contribution in [3.8, 4) is 0 Å². The highest BCUT2D eigenvalue weighted by atomic mass is 16.1. The van der Waals surface area contributed by atoms with Crippen LogP contribution in [0.5, 0.6) is 0 Å². The minimum Gasteiger partial charge on any atom is -0.299 e. The van der Waals surface area contributed by atoms with Gasteiger partial charge < -0.3 is 0 Å². The van der Waals surface area contributed by atoms with E-state index in [1.54, 1.807) is 0 Å². The molecule has 0 aromatic rings. The summed E-state index contributed by atoms with van der Waals surface area (Å²) >= 11 is 0. The molecule has 0 N–H and O–H groups in total. The minimum absolute atomic E-state index is 0.187. The van der Waals surface area contributed by atoms with Crippen LogP contribution in [-0.4, -0.2) is 5.78 Å². The van der Waals surface area contributed by atoms with Gasteiger partial charge in [-0.3, -0.25) is 4.79 Å². The van der Waals surface area contributed by atoms with Gasteiger partial charge in [-0.05, 0) is 19.8 Å². The number of ketones is 1. The summed E-state index contributed by atoms with van der Waals surface area (Å²) < 4.78 is 0. The topological polar surface area (TPSA) is 17.1 Å². The second kappa shape index (κ2) is 3.51. The first-order chi connectivity index (χ1) is 5.20. The largest absolute Gasteiger partial charge is 0.299 e. The highest BCUT2D eigenvalue weighted by molar-refractivity contribution is 5.84. The van der Waals surface area contributed by atoms with Gasteiger partial charge in [-0.2, -0.15) is 0 Å². The van der Waals surface area contributed by atoms with Crippen LogP contribution >= 0.6 is 0 Å². The molecule has 11 heavy (non-hydrogen) atoms. The Labute approximate surface area is 67.8 Å². The van der Waals surface area contributed by atoms with E-state index in [2.05, 4.69) is 6.58 Å². The summed E-state index contributed by atoms with van der Waals surface area (Å²) in [6, 6.07) is 0. The molecule has 0 aliphatic heterocycles. The van der Waals surface area contributed by atoms with Crippen LogP contribution in [0, 0.1) is 5.92 Å². The molecule has 0 amide bonds. The Bertz CT molecular complexity index is 201. The molecular formula is C10H14O. The van der Waals surface area contributed by atoms with Crippen molar-refractivity contribution < 1.29 is 4.79 Å². The van der Waals surface area contributed by atoms with E-state index in [4.69, 9.17) is 0 Å². The standard InChI is InChI=1S/C10H14O/c1-8(2)6-7-9-4-3-5-10(9)11/h6-7,9H,1,3-5H2,2H3/b7-6+. The summed E-state index contributed by atoms with van der Waals surface area (Å²) in [5.41, 5.74) is 1.02. The summed E-state index contributed by atoms with van der Waals surface area (Å²) in [6.07, 6.45) is 6.78. The molecule has 1 saturated carbocycles. The van der Waals surface area contributed by atoms with Crippen LogP contribution in [0.15, 0.2) is 24.3 Å². The third kappa shape index (κ3) is 2.34. The van der Waals surface area contributed by atoms with E-state index in [-0.39, 0.29) is 5.92 Å². The normalized spacial score (nSPS) is 24.8. The molecule has 0 heterocycles. The molecule has 0 aromatic carbocycles. The smallest absolute Gasteiger partial charge is 0.139 e. The van der Waals surface area contributed by atoms with Gasteiger partial charge in [0.25, 0.3) is 0 Å². The first kappa shape index (κ1) is 8.25. The molecule has 0 aromatic heterocycles. The maximum atomic E-state index is 11.1. The Balaban J connectivity index is 2.48. The zero-order chi connectivity index (χ0) is 8.27. The number of Topliss-reactive ketones (excluding diaryl/α,β-unsaturated/α-hetero) is 1. The first-order valence-electron chi connectivity index (χ1n) is 4.06. The average Bonchev–Trinajstić information content (AvgIpc) is 2.31. The molecule has 1 unspecified atom stereocenters. The van der Waals surface area contributed by atoms with Crippen molar-refractivity contribution in [2.24, 2.45) is 5.92 Å². The van der Waals surface area contributed by atoms with Crippen LogP contribution in [-0.2, 0) is 4.79 Å². The van der Waals surface area contributed by atoms with Crippen molar-refractivity contribution in [3.05, 3.63) is 24.3 Å². The quantitative estimate of drug-likeness (QED) is 0.553. The third-order valence-electron chi connectivity index (χ3n) is 1.96. The molecule has 0 spiro atoms. The Hall–Kier alpha value is -0.850. The lowest BCUT2D eigenvalue weighted by Gasteiger charge is -1.97. The third-order valence-corrected chi connectivity index (χ3v) is 1.96. The molecule has 0 bridgehead atoms. The average molecular weight is 150 g/mol. The van der Waals surface area contributed by atoms with Crippen molar-refractivity contribution in [2.75, 3.05) is 0 Å². The van der Waals surface area contributed by atoms with Gasteiger partial charge in [-0.15, -0.1) is 0 Å². The highest BCUT2D eigenvalue weighted by Crippen LogP contribution is 2.22. The lowest BCUT2D eigenvalue weighted by Crippen LogP contribution is -2.01. The summed E-state index contributed by atoms with van der Waals surface area (Å²) in [6.45, 7) is 5.68. The van der Waals surface area contributed by atoms with Crippen molar-refractivity contribution in [3.63, 3.8) is 0 Å². The van der Waals surface area contributed by atoms with Gasteiger partial charge in [-0.1, -0.05) is 24.3 Å². The summed E-state index contributed by atoms with van der Waals surface area (Å²) in [7, 11) is 0. The van der Waals surface area contributed by atoms with Gasteiger partial charge in [0.05, 0.1) is 0 Å². The Kier molecular flexibility index (Phi) is 2.64. The van der Waals surface area contributed by atoms with Crippen LogP contribution < -0.4 is 0 Å². The van der Waals surface area contributed by atoms with E-state index in [1.807, 2.05) is 19.1 Å².